The van der Waals surface area contributed by atoms with Gasteiger partial charge in [-0.1, -0.05) is 6.07 Å². The summed E-state index contributed by atoms with van der Waals surface area (Å²) < 4.78 is 18.6. The Balaban J connectivity index is 0.00000312. The van der Waals surface area contributed by atoms with Crippen molar-refractivity contribution in [3.05, 3.63) is 59.7 Å². The van der Waals surface area contributed by atoms with Crippen molar-refractivity contribution in [2.45, 2.75) is 26.5 Å². The van der Waals surface area contributed by atoms with Crippen molar-refractivity contribution in [1.82, 2.24) is 15.6 Å². The van der Waals surface area contributed by atoms with Gasteiger partial charge in [-0.05, 0) is 50.2 Å². The van der Waals surface area contributed by atoms with Gasteiger partial charge in [0, 0.05) is 12.7 Å². The molecule has 1 aromatic heterocycles. The molecule has 0 aliphatic carbocycles. The minimum atomic E-state index is -0.275. The number of guanidine groups is 1. The summed E-state index contributed by atoms with van der Waals surface area (Å²) in [6.45, 7) is 5.06. The van der Waals surface area contributed by atoms with Crippen LogP contribution in [0, 0.1) is 12.7 Å². The lowest BCUT2D eigenvalue weighted by atomic mass is 10.3. The summed E-state index contributed by atoms with van der Waals surface area (Å²) in [4.78, 5) is 8.61. The van der Waals surface area contributed by atoms with Crippen molar-refractivity contribution in [2.75, 3.05) is 13.6 Å². The highest BCUT2D eigenvalue weighted by atomic mass is 127. The Morgan fingerprint density at radius 1 is 1.20 bits per heavy atom. The van der Waals surface area contributed by atoms with E-state index in [0.717, 1.165) is 11.4 Å². The molecule has 0 saturated carbocycles. The zero-order valence-electron chi connectivity index (χ0n) is 14.6. The second kappa shape index (κ2) is 10.9. The van der Waals surface area contributed by atoms with Crippen molar-refractivity contribution < 1.29 is 9.13 Å². The third kappa shape index (κ3) is 7.68. The molecule has 0 amide bonds. The third-order valence-electron chi connectivity index (χ3n) is 3.31. The molecule has 136 valence electrons. The van der Waals surface area contributed by atoms with Crippen LogP contribution in [0.3, 0.4) is 0 Å². The minimum absolute atomic E-state index is 0. The van der Waals surface area contributed by atoms with E-state index in [1.165, 1.54) is 12.1 Å². The predicted octanol–water partition coefficient (Wildman–Crippen LogP) is 3.28. The van der Waals surface area contributed by atoms with Gasteiger partial charge in [-0.2, -0.15) is 0 Å². The molecular formula is C18H24FIN4O. The van der Waals surface area contributed by atoms with E-state index in [2.05, 4.69) is 20.6 Å². The average Bonchev–Trinajstić information content (AvgIpc) is 2.57. The van der Waals surface area contributed by atoms with Crippen LogP contribution in [0.1, 0.15) is 18.3 Å². The largest absolute Gasteiger partial charge is 0.489 e. The van der Waals surface area contributed by atoms with Crippen molar-refractivity contribution in [3.8, 4) is 5.75 Å². The van der Waals surface area contributed by atoms with Crippen LogP contribution in [0.4, 0.5) is 4.39 Å². The fraction of sp³-hybridized carbons (Fsp3) is 0.333. The number of rotatable bonds is 6. The first kappa shape index (κ1) is 21.1. The normalized spacial score (nSPS) is 12.1. The van der Waals surface area contributed by atoms with Crippen LogP contribution >= 0.6 is 24.0 Å². The van der Waals surface area contributed by atoms with E-state index in [9.17, 15) is 4.39 Å². The maximum absolute atomic E-state index is 12.9. The Bertz CT molecular complexity index is 679. The number of hydrogen-bond acceptors (Lipinski definition) is 3. The summed E-state index contributed by atoms with van der Waals surface area (Å²) in [6, 6.07) is 11.9. The number of hydrogen-bond donors (Lipinski definition) is 2. The first-order valence-corrected chi connectivity index (χ1v) is 7.86. The van der Waals surface area contributed by atoms with E-state index in [-0.39, 0.29) is 35.9 Å². The Labute approximate surface area is 165 Å². The van der Waals surface area contributed by atoms with Gasteiger partial charge in [0.2, 0.25) is 0 Å². The zero-order chi connectivity index (χ0) is 17.4. The van der Waals surface area contributed by atoms with E-state index >= 15 is 0 Å². The number of aromatic nitrogens is 1. The Kier molecular flexibility index (Phi) is 9.18. The average molecular weight is 458 g/mol. The molecule has 25 heavy (non-hydrogen) atoms. The molecule has 5 nitrogen and oxygen atoms in total. The van der Waals surface area contributed by atoms with E-state index < -0.39 is 0 Å². The molecule has 1 atom stereocenters. The number of ether oxygens (including phenoxy) is 1. The highest BCUT2D eigenvalue weighted by Gasteiger charge is 2.06. The number of aryl methyl sites for hydroxylation is 1. The first-order chi connectivity index (χ1) is 11.6. The van der Waals surface area contributed by atoms with Crippen LogP contribution in [-0.2, 0) is 6.54 Å². The van der Waals surface area contributed by atoms with Gasteiger partial charge in [-0.3, -0.25) is 9.98 Å². The van der Waals surface area contributed by atoms with Crippen LogP contribution in [0.25, 0.3) is 0 Å². The molecule has 0 saturated heterocycles. The standard InChI is InChI=1S/C18H23FN4O.HI/c1-13-5-4-6-16(23-13)12-22-18(20-3)21-11-14(2)24-17-9-7-15(19)8-10-17;/h4-10,14H,11-12H2,1-3H3,(H2,20,21,22);1H. The predicted molar refractivity (Wildman–Crippen MR) is 109 cm³/mol. The van der Waals surface area contributed by atoms with Gasteiger partial charge in [-0.25, -0.2) is 4.39 Å². The summed E-state index contributed by atoms with van der Waals surface area (Å²) in [6.07, 6.45) is -0.0916. The molecule has 0 radical (unpaired) electrons. The first-order valence-electron chi connectivity index (χ1n) is 7.86. The Morgan fingerprint density at radius 2 is 1.92 bits per heavy atom. The number of benzene rings is 1. The number of aliphatic imine (C=N–C) groups is 1. The summed E-state index contributed by atoms with van der Waals surface area (Å²) in [5.74, 6) is 1.04. The van der Waals surface area contributed by atoms with Crippen molar-refractivity contribution in [3.63, 3.8) is 0 Å². The fourth-order valence-electron chi connectivity index (χ4n) is 2.12. The summed E-state index contributed by atoms with van der Waals surface area (Å²) >= 11 is 0. The highest BCUT2D eigenvalue weighted by molar-refractivity contribution is 14.0. The number of halogens is 2. The Morgan fingerprint density at radius 3 is 2.56 bits per heavy atom. The molecule has 0 spiro atoms. The summed E-state index contributed by atoms with van der Waals surface area (Å²) in [5.41, 5.74) is 1.94. The van der Waals surface area contributed by atoms with Gasteiger partial charge >= 0.3 is 0 Å². The lowest BCUT2D eigenvalue weighted by Gasteiger charge is -2.17. The molecule has 1 unspecified atom stereocenters. The number of pyridine rings is 1. The van der Waals surface area contributed by atoms with Crippen molar-refractivity contribution >= 4 is 29.9 Å². The number of nitrogens with one attached hydrogen (secondary N) is 2. The maximum atomic E-state index is 12.9. The molecule has 2 rings (SSSR count). The molecule has 1 heterocycles. The van der Waals surface area contributed by atoms with Crippen molar-refractivity contribution in [1.29, 1.82) is 0 Å². The molecular weight excluding hydrogens is 434 g/mol. The van der Waals surface area contributed by atoms with Gasteiger partial charge in [-0.15, -0.1) is 24.0 Å². The fourth-order valence-corrected chi connectivity index (χ4v) is 2.12. The lowest BCUT2D eigenvalue weighted by molar-refractivity contribution is 0.223. The molecule has 0 bridgehead atoms. The maximum Gasteiger partial charge on any atom is 0.191 e. The van der Waals surface area contributed by atoms with Crippen LogP contribution in [0.15, 0.2) is 47.5 Å². The molecule has 0 aliphatic heterocycles. The van der Waals surface area contributed by atoms with E-state index in [1.54, 1.807) is 19.2 Å². The van der Waals surface area contributed by atoms with Gasteiger partial charge < -0.3 is 15.4 Å². The van der Waals surface area contributed by atoms with Crippen molar-refractivity contribution in [2.24, 2.45) is 4.99 Å². The van der Waals surface area contributed by atoms with Gasteiger partial charge in [0.05, 0.1) is 18.8 Å². The zero-order valence-corrected chi connectivity index (χ0v) is 17.0. The molecule has 0 aliphatic rings. The SMILES string of the molecule is CN=C(NCc1cccc(C)n1)NCC(C)Oc1ccc(F)cc1.I. The molecule has 2 N–H and O–H groups in total. The molecule has 0 fully saturated rings. The van der Waals surface area contributed by atoms with Crippen LogP contribution in [-0.4, -0.2) is 30.6 Å². The second-order valence-electron chi connectivity index (χ2n) is 5.46. The van der Waals surface area contributed by atoms with Gasteiger partial charge in [0.25, 0.3) is 0 Å². The Hall–Kier alpha value is -1.90. The quantitative estimate of drug-likeness (QED) is 0.397. The molecule has 7 heteroatoms. The van der Waals surface area contributed by atoms with Crippen LogP contribution < -0.4 is 15.4 Å². The topological polar surface area (TPSA) is 58.5 Å². The van der Waals surface area contributed by atoms with Gasteiger partial charge in [0.15, 0.2) is 5.96 Å². The second-order valence-corrected chi connectivity index (χ2v) is 5.46. The number of nitrogens with zero attached hydrogens (tertiary/aromatic N) is 2. The summed E-state index contributed by atoms with van der Waals surface area (Å²) in [5, 5.41) is 6.41. The van der Waals surface area contributed by atoms with Crippen LogP contribution in [0.2, 0.25) is 0 Å². The van der Waals surface area contributed by atoms with Gasteiger partial charge in [0.1, 0.15) is 17.7 Å². The van der Waals surface area contributed by atoms with Crippen LogP contribution in [0.5, 0.6) is 5.75 Å². The smallest absolute Gasteiger partial charge is 0.191 e. The highest BCUT2D eigenvalue weighted by Crippen LogP contribution is 2.12. The summed E-state index contributed by atoms with van der Waals surface area (Å²) in [7, 11) is 1.71. The van der Waals surface area contributed by atoms with E-state index in [4.69, 9.17) is 4.74 Å². The lowest BCUT2D eigenvalue weighted by Crippen LogP contribution is -2.41. The minimum Gasteiger partial charge on any atom is -0.489 e. The molecule has 2 aromatic rings. The van der Waals surface area contributed by atoms with E-state index in [1.807, 2.05) is 32.0 Å². The third-order valence-corrected chi connectivity index (χ3v) is 3.31. The molecule has 1 aromatic carbocycles. The monoisotopic (exact) mass is 458 g/mol. The van der Waals surface area contributed by atoms with E-state index in [0.29, 0.717) is 24.8 Å².